The molecule has 0 amide bonds. The number of hydrogen-bond acceptors (Lipinski definition) is 3. The summed E-state index contributed by atoms with van der Waals surface area (Å²) < 4.78 is 7.62. The fraction of sp³-hybridized carbons (Fsp3) is 0.750. The highest BCUT2D eigenvalue weighted by Crippen LogP contribution is 2.29. The van der Waals surface area contributed by atoms with Crippen LogP contribution in [0.25, 0.3) is 0 Å². The summed E-state index contributed by atoms with van der Waals surface area (Å²) in [5, 5.41) is 3.42. The van der Waals surface area contributed by atoms with Crippen molar-refractivity contribution in [1.82, 2.24) is 14.9 Å². The second-order valence-electron chi connectivity index (χ2n) is 4.66. The lowest BCUT2D eigenvalue weighted by Crippen LogP contribution is -2.28. The molecule has 2 rings (SSSR count). The maximum Gasteiger partial charge on any atom is 0.0949 e. The summed E-state index contributed by atoms with van der Waals surface area (Å²) in [7, 11) is 0. The number of nitrogens with zero attached hydrogens (tertiary/aromatic N) is 2. The first-order valence-electron chi connectivity index (χ1n) is 6.05. The highest BCUT2D eigenvalue weighted by atomic mass is 16.5. The van der Waals surface area contributed by atoms with Crippen molar-refractivity contribution in [3.63, 3.8) is 0 Å². The van der Waals surface area contributed by atoms with Crippen LogP contribution in [0, 0.1) is 0 Å². The number of ether oxygens (including phenoxy) is 1. The molecule has 0 aliphatic carbocycles. The monoisotopic (exact) mass is 223 g/mol. The Morgan fingerprint density at radius 3 is 3.19 bits per heavy atom. The standard InChI is InChI=1S/C12H21N3O/c1-3-16-7-6-15-10-14-8-11(15)12(2)4-5-13-9-12/h8,10,13H,3-7,9H2,1-2H3. The summed E-state index contributed by atoms with van der Waals surface area (Å²) in [6.45, 7) is 8.93. The summed E-state index contributed by atoms with van der Waals surface area (Å²) >= 11 is 0. The molecule has 16 heavy (non-hydrogen) atoms. The van der Waals surface area contributed by atoms with Crippen molar-refractivity contribution in [2.75, 3.05) is 26.3 Å². The van der Waals surface area contributed by atoms with E-state index in [0.29, 0.717) is 0 Å². The Balaban J connectivity index is 2.06. The molecule has 1 N–H and O–H groups in total. The van der Waals surface area contributed by atoms with Crippen molar-refractivity contribution in [3.8, 4) is 0 Å². The molecule has 0 radical (unpaired) electrons. The second-order valence-corrected chi connectivity index (χ2v) is 4.66. The summed E-state index contributed by atoms with van der Waals surface area (Å²) in [6, 6.07) is 0. The molecule has 90 valence electrons. The first-order chi connectivity index (χ1) is 7.76. The molecule has 1 aliphatic rings. The third-order valence-corrected chi connectivity index (χ3v) is 3.38. The lowest BCUT2D eigenvalue weighted by Gasteiger charge is -2.24. The van der Waals surface area contributed by atoms with Gasteiger partial charge in [-0.2, -0.15) is 0 Å². The fourth-order valence-corrected chi connectivity index (χ4v) is 2.34. The quantitative estimate of drug-likeness (QED) is 0.762. The van der Waals surface area contributed by atoms with Crippen LogP contribution < -0.4 is 5.32 Å². The molecular weight excluding hydrogens is 202 g/mol. The predicted octanol–water partition coefficient (Wildman–Crippen LogP) is 1.17. The minimum absolute atomic E-state index is 0.239. The molecule has 1 aromatic rings. The average molecular weight is 223 g/mol. The third-order valence-electron chi connectivity index (χ3n) is 3.38. The molecule has 1 aliphatic heterocycles. The van der Waals surface area contributed by atoms with Gasteiger partial charge in [-0.15, -0.1) is 0 Å². The van der Waals surface area contributed by atoms with E-state index in [0.717, 1.165) is 32.8 Å². The fourth-order valence-electron chi connectivity index (χ4n) is 2.34. The van der Waals surface area contributed by atoms with Gasteiger partial charge in [-0.1, -0.05) is 6.92 Å². The van der Waals surface area contributed by atoms with E-state index in [2.05, 4.69) is 21.8 Å². The van der Waals surface area contributed by atoms with Crippen molar-refractivity contribution >= 4 is 0 Å². The van der Waals surface area contributed by atoms with Crippen LogP contribution in [-0.2, 0) is 16.7 Å². The van der Waals surface area contributed by atoms with Crippen LogP contribution in [0.5, 0.6) is 0 Å². The van der Waals surface area contributed by atoms with Gasteiger partial charge >= 0.3 is 0 Å². The third kappa shape index (κ3) is 2.28. The van der Waals surface area contributed by atoms with E-state index in [1.165, 1.54) is 12.1 Å². The summed E-state index contributed by atoms with van der Waals surface area (Å²) in [4.78, 5) is 4.27. The maximum atomic E-state index is 5.39. The highest BCUT2D eigenvalue weighted by molar-refractivity contribution is 5.17. The van der Waals surface area contributed by atoms with Crippen molar-refractivity contribution in [2.45, 2.75) is 32.2 Å². The van der Waals surface area contributed by atoms with E-state index in [1.807, 2.05) is 19.4 Å². The maximum absolute atomic E-state index is 5.39. The van der Waals surface area contributed by atoms with E-state index >= 15 is 0 Å². The van der Waals surface area contributed by atoms with Gasteiger partial charge in [-0.25, -0.2) is 4.98 Å². The first-order valence-corrected chi connectivity index (χ1v) is 6.05. The van der Waals surface area contributed by atoms with Crippen LogP contribution >= 0.6 is 0 Å². The van der Waals surface area contributed by atoms with Crippen LogP contribution in [-0.4, -0.2) is 35.9 Å². The van der Waals surface area contributed by atoms with Gasteiger partial charge in [0.15, 0.2) is 0 Å². The van der Waals surface area contributed by atoms with Gasteiger partial charge in [-0.05, 0) is 19.9 Å². The van der Waals surface area contributed by atoms with Gasteiger partial charge in [0.1, 0.15) is 0 Å². The SMILES string of the molecule is CCOCCn1cncc1C1(C)CCNC1. The van der Waals surface area contributed by atoms with E-state index in [9.17, 15) is 0 Å². The average Bonchev–Trinajstić information content (AvgIpc) is 2.88. The van der Waals surface area contributed by atoms with E-state index in [1.54, 1.807) is 0 Å². The summed E-state index contributed by atoms with van der Waals surface area (Å²) in [5.74, 6) is 0. The molecule has 4 heteroatoms. The predicted molar refractivity (Wildman–Crippen MR) is 63.6 cm³/mol. The van der Waals surface area contributed by atoms with E-state index < -0.39 is 0 Å². The lowest BCUT2D eigenvalue weighted by atomic mass is 9.86. The Morgan fingerprint density at radius 2 is 2.50 bits per heavy atom. The van der Waals surface area contributed by atoms with Crippen molar-refractivity contribution in [1.29, 1.82) is 0 Å². The molecule has 2 heterocycles. The van der Waals surface area contributed by atoms with Crippen LogP contribution in [0.1, 0.15) is 26.0 Å². The normalized spacial score (nSPS) is 25.1. The minimum atomic E-state index is 0.239. The molecule has 0 spiro atoms. The van der Waals surface area contributed by atoms with Gasteiger partial charge in [-0.3, -0.25) is 0 Å². The Hall–Kier alpha value is -0.870. The highest BCUT2D eigenvalue weighted by Gasteiger charge is 2.33. The van der Waals surface area contributed by atoms with Crippen molar-refractivity contribution < 1.29 is 4.74 Å². The zero-order valence-corrected chi connectivity index (χ0v) is 10.2. The molecular formula is C12H21N3O. The zero-order chi connectivity index (χ0) is 11.4. The van der Waals surface area contributed by atoms with Crippen molar-refractivity contribution in [3.05, 3.63) is 18.2 Å². The number of aromatic nitrogens is 2. The molecule has 1 fully saturated rings. The zero-order valence-electron chi connectivity index (χ0n) is 10.2. The second kappa shape index (κ2) is 4.97. The smallest absolute Gasteiger partial charge is 0.0949 e. The molecule has 4 nitrogen and oxygen atoms in total. The van der Waals surface area contributed by atoms with Gasteiger partial charge in [0, 0.05) is 37.0 Å². The number of imidazole rings is 1. The molecule has 1 aromatic heterocycles. The van der Waals surface area contributed by atoms with E-state index in [-0.39, 0.29) is 5.41 Å². The number of nitrogens with one attached hydrogen (secondary N) is 1. The van der Waals surface area contributed by atoms with Gasteiger partial charge in [0.2, 0.25) is 0 Å². The van der Waals surface area contributed by atoms with E-state index in [4.69, 9.17) is 4.74 Å². The lowest BCUT2D eigenvalue weighted by molar-refractivity contribution is 0.137. The largest absolute Gasteiger partial charge is 0.380 e. The van der Waals surface area contributed by atoms with Crippen LogP contribution in [0.2, 0.25) is 0 Å². The molecule has 1 unspecified atom stereocenters. The van der Waals surface area contributed by atoms with Crippen LogP contribution in [0.3, 0.4) is 0 Å². The number of hydrogen-bond donors (Lipinski definition) is 1. The molecule has 0 bridgehead atoms. The van der Waals surface area contributed by atoms with Gasteiger partial charge < -0.3 is 14.6 Å². The Labute approximate surface area is 97.0 Å². The molecule has 0 saturated carbocycles. The Kier molecular flexibility index (Phi) is 3.61. The van der Waals surface area contributed by atoms with Gasteiger partial charge in [0.25, 0.3) is 0 Å². The minimum Gasteiger partial charge on any atom is -0.380 e. The van der Waals surface area contributed by atoms with Gasteiger partial charge in [0.05, 0.1) is 12.9 Å². The topological polar surface area (TPSA) is 39.1 Å². The molecule has 0 aromatic carbocycles. The molecule has 1 saturated heterocycles. The Morgan fingerprint density at radius 1 is 1.62 bits per heavy atom. The molecule has 1 atom stereocenters. The van der Waals surface area contributed by atoms with Crippen LogP contribution in [0.4, 0.5) is 0 Å². The summed E-state index contributed by atoms with van der Waals surface area (Å²) in [6.07, 6.45) is 5.10. The summed E-state index contributed by atoms with van der Waals surface area (Å²) in [5.41, 5.74) is 1.57. The number of rotatable bonds is 5. The first kappa shape index (κ1) is 11.6. The van der Waals surface area contributed by atoms with Crippen LogP contribution in [0.15, 0.2) is 12.5 Å². The van der Waals surface area contributed by atoms with Crippen molar-refractivity contribution in [2.24, 2.45) is 0 Å². The Bertz CT molecular complexity index is 329.